The molecule has 0 heterocycles. The molecule has 0 spiro atoms. The van der Waals surface area contributed by atoms with Gasteiger partial charge in [-0.3, -0.25) is 4.79 Å². The van der Waals surface area contributed by atoms with Gasteiger partial charge in [0.1, 0.15) is 6.17 Å². The van der Waals surface area contributed by atoms with Gasteiger partial charge in [-0.05, 0) is 39.0 Å². The molecule has 0 radical (unpaired) electrons. The largest absolute Gasteiger partial charge is 0.379 e. The lowest BCUT2D eigenvalue weighted by Gasteiger charge is -2.19. The van der Waals surface area contributed by atoms with Crippen molar-refractivity contribution < 1.29 is 37.6 Å². The topological polar surface area (TPSA) is 109 Å². The summed E-state index contributed by atoms with van der Waals surface area (Å²) in [7, 11) is 0. The van der Waals surface area contributed by atoms with Crippen LogP contribution in [0, 0.1) is 11.8 Å². The van der Waals surface area contributed by atoms with Gasteiger partial charge < -0.3 is 44.4 Å². The summed E-state index contributed by atoms with van der Waals surface area (Å²) in [4.78, 5) is 11.5. The van der Waals surface area contributed by atoms with Crippen LogP contribution in [-0.2, 0) is 33.2 Å². The molecule has 11 heteroatoms. The van der Waals surface area contributed by atoms with E-state index in [-0.39, 0.29) is 18.4 Å². The number of nitrogens with one attached hydrogen (secondary N) is 3. The normalized spacial score (nSPS) is 14.8. The number of rotatable bonds is 31. The summed E-state index contributed by atoms with van der Waals surface area (Å²) in [6.07, 6.45) is 1.43. The van der Waals surface area contributed by atoms with Crippen molar-refractivity contribution in [2.75, 3.05) is 92.3 Å². The van der Waals surface area contributed by atoms with Gasteiger partial charge in [-0.1, -0.05) is 34.6 Å². The Labute approximate surface area is 255 Å². The van der Waals surface area contributed by atoms with Gasteiger partial charge in [-0.15, -0.1) is 0 Å². The minimum absolute atomic E-state index is 0.0351. The van der Waals surface area contributed by atoms with Crippen molar-refractivity contribution in [3.05, 3.63) is 0 Å². The first kappa shape index (κ1) is 41.1. The molecule has 0 fully saturated rings. The predicted octanol–water partition coefficient (Wildman–Crippen LogP) is 3.37. The lowest BCUT2D eigenvalue weighted by atomic mass is 9.99. The Morgan fingerprint density at radius 1 is 0.619 bits per heavy atom. The van der Waals surface area contributed by atoms with Crippen LogP contribution >= 0.6 is 0 Å². The van der Waals surface area contributed by atoms with Gasteiger partial charge in [-0.2, -0.15) is 0 Å². The average molecular weight is 610 g/mol. The first-order chi connectivity index (χ1) is 20.1. The fraction of sp³-hybridized carbons (Fsp3) is 0.968. The standard InChI is InChI=1S/C31H64FN3O7/c1-25(2)31(36)35-24-30(32)29(7)42-23-22-39-15-12-34-28(6)9-8-27(5)10-13-37-16-18-40-20-21-41-19-17-38-14-11-33-26(3)4/h25-30,33-34H,8-24H2,1-7H3,(H,35,36). The van der Waals surface area contributed by atoms with E-state index < -0.39 is 12.3 Å². The summed E-state index contributed by atoms with van der Waals surface area (Å²) in [6, 6.07) is 0.891. The molecule has 0 rings (SSSR count). The summed E-state index contributed by atoms with van der Waals surface area (Å²) < 4.78 is 47.4. The Kier molecular flexibility index (Phi) is 28.2. The molecule has 0 saturated heterocycles. The van der Waals surface area contributed by atoms with Crippen LogP contribution in [0.25, 0.3) is 0 Å². The number of halogens is 1. The molecule has 0 aromatic carbocycles. The predicted molar refractivity (Wildman–Crippen MR) is 166 cm³/mol. The van der Waals surface area contributed by atoms with Gasteiger partial charge in [-0.25, -0.2) is 4.39 Å². The molecule has 4 atom stereocenters. The zero-order valence-electron chi connectivity index (χ0n) is 27.7. The molecule has 0 aromatic heterocycles. The Hall–Kier alpha value is -0.920. The van der Waals surface area contributed by atoms with Gasteiger partial charge in [0.05, 0.1) is 78.7 Å². The van der Waals surface area contributed by atoms with Crippen molar-refractivity contribution in [3.8, 4) is 0 Å². The summed E-state index contributed by atoms with van der Waals surface area (Å²) in [5, 5.41) is 9.38. The molecule has 0 aliphatic rings. The Bertz CT molecular complexity index is 605. The van der Waals surface area contributed by atoms with Crippen LogP contribution in [0.5, 0.6) is 0 Å². The second kappa shape index (κ2) is 28.8. The summed E-state index contributed by atoms with van der Waals surface area (Å²) >= 11 is 0. The molecule has 0 aromatic rings. The molecule has 0 aliphatic carbocycles. The van der Waals surface area contributed by atoms with E-state index in [9.17, 15) is 9.18 Å². The SMILES string of the molecule is CC(CCOCCOCCOCCOCCNC(C)C)CCC(C)NCCOCCOC(C)C(F)CNC(=O)C(C)C. The number of alkyl halides is 1. The van der Waals surface area contributed by atoms with Crippen LogP contribution in [0.4, 0.5) is 4.39 Å². The van der Waals surface area contributed by atoms with Crippen molar-refractivity contribution in [1.82, 2.24) is 16.0 Å². The van der Waals surface area contributed by atoms with Gasteiger partial charge in [0, 0.05) is 37.7 Å². The highest BCUT2D eigenvalue weighted by Crippen LogP contribution is 2.12. The van der Waals surface area contributed by atoms with E-state index in [2.05, 4.69) is 43.6 Å². The van der Waals surface area contributed by atoms with E-state index >= 15 is 0 Å². The van der Waals surface area contributed by atoms with Crippen LogP contribution < -0.4 is 16.0 Å². The van der Waals surface area contributed by atoms with Crippen molar-refractivity contribution >= 4 is 5.91 Å². The molecule has 252 valence electrons. The lowest BCUT2D eigenvalue weighted by molar-refractivity contribution is -0.124. The smallest absolute Gasteiger partial charge is 0.222 e. The maximum atomic E-state index is 14.1. The number of carbonyl (C=O) groups excluding carboxylic acids is 1. The van der Waals surface area contributed by atoms with Crippen LogP contribution in [0.3, 0.4) is 0 Å². The van der Waals surface area contributed by atoms with Gasteiger partial charge in [0.25, 0.3) is 0 Å². The molecule has 3 N–H and O–H groups in total. The Morgan fingerprint density at radius 3 is 1.67 bits per heavy atom. The fourth-order valence-corrected chi connectivity index (χ4v) is 3.69. The van der Waals surface area contributed by atoms with E-state index in [0.717, 1.165) is 39.0 Å². The number of hydrogen-bond donors (Lipinski definition) is 3. The van der Waals surface area contributed by atoms with Crippen molar-refractivity contribution in [2.45, 2.75) is 92.1 Å². The third-order valence-electron chi connectivity index (χ3n) is 6.62. The summed E-state index contributed by atoms with van der Waals surface area (Å²) in [6.45, 7) is 21.8. The van der Waals surface area contributed by atoms with Crippen LogP contribution in [-0.4, -0.2) is 123 Å². The van der Waals surface area contributed by atoms with E-state index in [0.29, 0.717) is 84.1 Å². The number of carbonyl (C=O) groups is 1. The molecule has 0 aliphatic heterocycles. The number of ether oxygens (including phenoxy) is 6. The highest BCUT2D eigenvalue weighted by atomic mass is 19.1. The van der Waals surface area contributed by atoms with Gasteiger partial charge >= 0.3 is 0 Å². The Balaban J connectivity index is 3.45. The first-order valence-corrected chi connectivity index (χ1v) is 16.0. The molecule has 0 saturated carbocycles. The third kappa shape index (κ3) is 27.9. The quantitative estimate of drug-likeness (QED) is 0.102. The number of amides is 1. The van der Waals surface area contributed by atoms with Crippen LogP contribution in [0.2, 0.25) is 0 Å². The molecule has 42 heavy (non-hydrogen) atoms. The summed E-state index contributed by atoms with van der Waals surface area (Å²) in [5.41, 5.74) is 0. The van der Waals surface area contributed by atoms with E-state index in [1.165, 1.54) is 0 Å². The third-order valence-corrected chi connectivity index (χ3v) is 6.62. The molecule has 10 nitrogen and oxygen atoms in total. The zero-order chi connectivity index (χ0) is 31.4. The molecule has 0 bridgehead atoms. The van der Waals surface area contributed by atoms with Crippen molar-refractivity contribution in [2.24, 2.45) is 11.8 Å². The summed E-state index contributed by atoms with van der Waals surface area (Å²) in [5.74, 6) is 0.283. The second-order valence-corrected chi connectivity index (χ2v) is 11.5. The van der Waals surface area contributed by atoms with Crippen molar-refractivity contribution in [3.63, 3.8) is 0 Å². The Morgan fingerprint density at radius 2 is 1.12 bits per heavy atom. The van der Waals surface area contributed by atoms with Gasteiger partial charge in [0.2, 0.25) is 5.91 Å². The van der Waals surface area contributed by atoms with E-state index in [4.69, 9.17) is 28.4 Å². The van der Waals surface area contributed by atoms with Gasteiger partial charge in [0.15, 0.2) is 0 Å². The highest BCUT2D eigenvalue weighted by Gasteiger charge is 2.18. The lowest BCUT2D eigenvalue weighted by Crippen LogP contribution is -2.38. The fourth-order valence-electron chi connectivity index (χ4n) is 3.69. The van der Waals surface area contributed by atoms with E-state index in [1.807, 2.05) is 0 Å². The van der Waals surface area contributed by atoms with E-state index in [1.54, 1.807) is 20.8 Å². The highest BCUT2D eigenvalue weighted by molar-refractivity contribution is 5.77. The second-order valence-electron chi connectivity index (χ2n) is 11.5. The first-order valence-electron chi connectivity index (χ1n) is 16.0. The molecule has 4 unspecified atom stereocenters. The van der Waals surface area contributed by atoms with Crippen LogP contribution in [0.15, 0.2) is 0 Å². The maximum Gasteiger partial charge on any atom is 0.222 e. The minimum Gasteiger partial charge on any atom is -0.379 e. The zero-order valence-corrected chi connectivity index (χ0v) is 27.7. The molecular formula is C31H64FN3O7. The monoisotopic (exact) mass is 609 g/mol. The minimum atomic E-state index is -1.24. The number of hydrogen-bond acceptors (Lipinski definition) is 9. The average Bonchev–Trinajstić information content (AvgIpc) is 2.95. The van der Waals surface area contributed by atoms with Crippen molar-refractivity contribution in [1.29, 1.82) is 0 Å². The molecular weight excluding hydrogens is 545 g/mol. The van der Waals surface area contributed by atoms with Crippen LogP contribution in [0.1, 0.15) is 67.7 Å². The molecule has 1 amide bonds. The maximum absolute atomic E-state index is 14.1.